The Hall–Kier alpha value is -3.07. The van der Waals surface area contributed by atoms with E-state index in [2.05, 4.69) is 0 Å². The first-order chi connectivity index (χ1) is 15.8. The summed E-state index contributed by atoms with van der Waals surface area (Å²) < 4.78 is 31.5. The van der Waals surface area contributed by atoms with Gasteiger partial charge in [-0.25, -0.2) is 8.42 Å². The number of carbonyl (C=O) groups is 1. The van der Waals surface area contributed by atoms with Crippen molar-refractivity contribution in [2.75, 3.05) is 28.7 Å². The quantitative estimate of drug-likeness (QED) is 0.414. The summed E-state index contributed by atoms with van der Waals surface area (Å²) in [6.07, 6.45) is 1.87. The van der Waals surface area contributed by atoms with Crippen LogP contribution in [0, 0.1) is 0 Å². The third-order valence-electron chi connectivity index (χ3n) is 4.90. The van der Waals surface area contributed by atoms with Crippen molar-refractivity contribution >= 4 is 39.4 Å². The summed E-state index contributed by atoms with van der Waals surface area (Å²) in [5.41, 5.74) is 2.67. The Balaban J connectivity index is 1.77. The van der Waals surface area contributed by atoms with E-state index in [4.69, 9.17) is 21.4 Å². The number of halogens is 1. The minimum atomic E-state index is -3.57. The number of carbonyl (C=O) groups excluding carboxylic acids is 1. The number of amides is 1. The second-order valence-corrected chi connectivity index (χ2v) is 9.64. The van der Waals surface area contributed by atoms with Gasteiger partial charge in [-0.05, 0) is 53.6 Å². The predicted octanol–water partition coefficient (Wildman–Crippen LogP) is 3.84. The number of benzene rings is 3. The highest BCUT2D eigenvalue weighted by Gasteiger charge is 2.19. The van der Waals surface area contributed by atoms with E-state index in [1.165, 1.54) is 9.21 Å². The first-order valence-electron chi connectivity index (χ1n) is 10.2. The molecule has 0 saturated carbocycles. The number of anilines is 2. The normalized spacial score (nSPS) is 11.1. The molecule has 3 rings (SSSR count). The highest BCUT2D eigenvalue weighted by molar-refractivity contribution is 7.92. The van der Waals surface area contributed by atoms with Crippen molar-refractivity contribution in [2.24, 2.45) is 0 Å². The maximum Gasteiger partial charge on any atom is 0.232 e. The van der Waals surface area contributed by atoms with Crippen LogP contribution in [0.4, 0.5) is 11.4 Å². The zero-order chi connectivity index (χ0) is 23.8. The van der Waals surface area contributed by atoms with E-state index >= 15 is 0 Å². The van der Waals surface area contributed by atoms with Gasteiger partial charge in [-0.15, -0.1) is 0 Å². The SMILES string of the molecule is CS(=O)(=O)N(Cc1ccccc1Cl)c1ccc(N(C=O)Cc2ccc(OCCO)cc2)cc1. The van der Waals surface area contributed by atoms with Gasteiger partial charge in [0.15, 0.2) is 0 Å². The van der Waals surface area contributed by atoms with Gasteiger partial charge < -0.3 is 14.7 Å². The van der Waals surface area contributed by atoms with E-state index in [0.717, 1.165) is 18.2 Å². The molecule has 0 atom stereocenters. The number of nitrogens with zero attached hydrogens (tertiary/aromatic N) is 2. The smallest absolute Gasteiger partial charge is 0.232 e. The molecule has 1 amide bonds. The maximum atomic E-state index is 12.4. The first-order valence-corrected chi connectivity index (χ1v) is 12.4. The molecule has 3 aromatic rings. The minimum Gasteiger partial charge on any atom is -0.491 e. The van der Waals surface area contributed by atoms with Crippen molar-refractivity contribution in [2.45, 2.75) is 13.1 Å². The Morgan fingerprint density at radius 2 is 1.58 bits per heavy atom. The summed E-state index contributed by atoms with van der Waals surface area (Å²) in [6, 6.07) is 21.0. The van der Waals surface area contributed by atoms with E-state index in [9.17, 15) is 13.2 Å². The van der Waals surface area contributed by atoms with Crippen LogP contribution in [0.15, 0.2) is 72.8 Å². The van der Waals surface area contributed by atoms with Crippen LogP contribution in [0.25, 0.3) is 0 Å². The molecule has 7 nitrogen and oxygen atoms in total. The highest BCUT2D eigenvalue weighted by Crippen LogP contribution is 2.27. The highest BCUT2D eigenvalue weighted by atomic mass is 35.5. The molecule has 0 unspecified atom stereocenters. The van der Waals surface area contributed by atoms with Crippen molar-refractivity contribution < 1.29 is 23.1 Å². The molecule has 0 bridgehead atoms. The van der Waals surface area contributed by atoms with Crippen molar-refractivity contribution in [3.63, 3.8) is 0 Å². The standard InChI is InChI=1S/C24H25ClN2O5S/c1-33(30,31)27(17-20-4-2-3-5-24(20)25)22-10-8-21(9-11-22)26(18-29)16-19-6-12-23(13-7-19)32-15-14-28/h2-13,18,28H,14-17H2,1H3. The average molecular weight is 489 g/mol. The van der Waals surface area contributed by atoms with E-state index < -0.39 is 10.0 Å². The fraction of sp³-hybridized carbons (Fsp3) is 0.208. The van der Waals surface area contributed by atoms with Crippen molar-refractivity contribution in [3.8, 4) is 5.75 Å². The Bertz CT molecular complexity index is 1170. The van der Waals surface area contributed by atoms with E-state index in [-0.39, 0.29) is 19.8 Å². The van der Waals surface area contributed by atoms with Crippen LogP contribution in [0.5, 0.6) is 5.75 Å². The lowest BCUT2D eigenvalue weighted by molar-refractivity contribution is -0.107. The van der Waals surface area contributed by atoms with Gasteiger partial charge >= 0.3 is 0 Å². The molecule has 174 valence electrons. The third kappa shape index (κ3) is 6.71. The average Bonchev–Trinajstić information content (AvgIpc) is 2.81. The van der Waals surface area contributed by atoms with Gasteiger partial charge in [-0.2, -0.15) is 0 Å². The monoisotopic (exact) mass is 488 g/mol. The van der Waals surface area contributed by atoms with Gasteiger partial charge in [-0.1, -0.05) is 41.9 Å². The largest absolute Gasteiger partial charge is 0.491 e. The zero-order valence-corrected chi connectivity index (χ0v) is 19.7. The van der Waals surface area contributed by atoms with Gasteiger partial charge in [0.25, 0.3) is 0 Å². The summed E-state index contributed by atoms with van der Waals surface area (Å²) in [7, 11) is -3.57. The van der Waals surface area contributed by atoms with Crippen molar-refractivity contribution in [1.82, 2.24) is 0 Å². The molecule has 0 heterocycles. The van der Waals surface area contributed by atoms with Crippen LogP contribution in [0.1, 0.15) is 11.1 Å². The molecule has 0 aliphatic heterocycles. The number of rotatable bonds is 11. The first kappa shape index (κ1) is 24.6. The Kier molecular flexibility index (Phi) is 8.32. The maximum absolute atomic E-state index is 12.4. The van der Waals surface area contributed by atoms with Crippen LogP contribution in [0.3, 0.4) is 0 Å². The summed E-state index contributed by atoms with van der Waals surface area (Å²) in [4.78, 5) is 13.2. The molecular weight excluding hydrogens is 464 g/mol. The molecular formula is C24H25ClN2O5S. The van der Waals surface area contributed by atoms with Crippen LogP contribution in [-0.2, 0) is 27.9 Å². The van der Waals surface area contributed by atoms with Gasteiger partial charge in [0.2, 0.25) is 16.4 Å². The summed E-state index contributed by atoms with van der Waals surface area (Å²) >= 11 is 6.22. The lowest BCUT2D eigenvalue weighted by Crippen LogP contribution is -2.29. The second-order valence-electron chi connectivity index (χ2n) is 7.33. The summed E-state index contributed by atoms with van der Waals surface area (Å²) in [6.45, 7) is 0.581. The fourth-order valence-corrected chi connectivity index (χ4v) is 4.31. The molecule has 33 heavy (non-hydrogen) atoms. The fourth-order valence-electron chi connectivity index (χ4n) is 3.23. The van der Waals surface area contributed by atoms with Gasteiger partial charge in [0, 0.05) is 10.7 Å². The molecule has 0 spiro atoms. The molecule has 3 aromatic carbocycles. The number of ether oxygens (including phenoxy) is 1. The molecule has 0 fully saturated rings. The molecule has 0 aromatic heterocycles. The Labute approximate surface area is 198 Å². The van der Waals surface area contributed by atoms with Crippen LogP contribution in [-0.4, -0.2) is 39.4 Å². The number of aliphatic hydroxyl groups excluding tert-OH is 1. The van der Waals surface area contributed by atoms with Gasteiger partial charge in [0.05, 0.1) is 31.6 Å². The van der Waals surface area contributed by atoms with Gasteiger partial charge in [-0.3, -0.25) is 9.10 Å². The molecule has 1 N–H and O–H groups in total. The van der Waals surface area contributed by atoms with Crippen LogP contribution >= 0.6 is 11.6 Å². The minimum absolute atomic E-state index is 0.0637. The number of sulfonamides is 1. The third-order valence-corrected chi connectivity index (χ3v) is 6.41. The summed E-state index contributed by atoms with van der Waals surface area (Å²) in [5, 5.41) is 9.32. The van der Waals surface area contributed by atoms with E-state index in [1.54, 1.807) is 60.7 Å². The van der Waals surface area contributed by atoms with Crippen LogP contribution in [0.2, 0.25) is 5.02 Å². The predicted molar refractivity (Wildman–Crippen MR) is 130 cm³/mol. The molecule has 0 aliphatic carbocycles. The van der Waals surface area contributed by atoms with Crippen molar-refractivity contribution in [3.05, 3.63) is 88.9 Å². The molecule has 0 radical (unpaired) electrons. The number of aliphatic hydroxyl groups is 1. The molecule has 9 heteroatoms. The Morgan fingerprint density at radius 3 is 2.15 bits per heavy atom. The Morgan fingerprint density at radius 1 is 0.939 bits per heavy atom. The lowest BCUT2D eigenvalue weighted by Gasteiger charge is -2.24. The second kappa shape index (κ2) is 11.2. The lowest BCUT2D eigenvalue weighted by atomic mass is 10.2. The topological polar surface area (TPSA) is 87.2 Å². The number of hydrogen-bond donors (Lipinski definition) is 1. The molecule has 0 aliphatic rings. The molecule has 0 saturated heterocycles. The summed E-state index contributed by atoms with van der Waals surface area (Å²) in [5.74, 6) is 0.634. The zero-order valence-electron chi connectivity index (χ0n) is 18.1. The van der Waals surface area contributed by atoms with Crippen LogP contribution < -0.4 is 13.9 Å². The van der Waals surface area contributed by atoms with E-state index in [1.807, 2.05) is 12.1 Å². The van der Waals surface area contributed by atoms with Crippen molar-refractivity contribution in [1.29, 1.82) is 0 Å². The number of hydrogen-bond acceptors (Lipinski definition) is 5. The van der Waals surface area contributed by atoms with E-state index in [0.29, 0.717) is 34.3 Å². The van der Waals surface area contributed by atoms with Gasteiger partial charge in [0.1, 0.15) is 12.4 Å².